The molecule has 0 radical (unpaired) electrons. The first-order chi connectivity index (χ1) is 14.9. The van der Waals surface area contributed by atoms with Crippen LogP contribution in [0.5, 0.6) is 5.75 Å². The highest BCUT2D eigenvalue weighted by atomic mass is 32.1. The van der Waals surface area contributed by atoms with Gasteiger partial charge >= 0.3 is 0 Å². The largest absolute Gasteiger partial charge is 0.495 e. The molecule has 31 heavy (non-hydrogen) atoms. The van der Waals surface area contributed by atoms with Crippen molar-refractivity contribution in [2.75, 3.05) is 17.7 Å². The number of nitrogens with zero attached hydrogens (tertiary/aromatic N) is 2. The first kappa shape index (κ1) is 20.5. The van der Waals surface area contributed by atoms with Gasteiger partial charge in [-0.05, 0) is 49.4 Å². The number of rotatable bonds is 5. The Labute approximate surface area is 181 Å². The van der Waals surface area contributed by atoms with Crippen LogP contribution in [0.3, 0.4) is 0 Å². The van der Waals surface area contributed by atoms with Crippen LogP contribution >= 0.6 is 11.3 Å². The molecule has 0 aliphatic heterocycles. The summed E-state index contributed by atoms with van der Waals surface area (Å²) in [6.07, 6.45) is 0. The zero-order valence-electron chi connectivity index (χ0n) is 17.0. The molecule has 2 aromatic heterocycles. The molecule has 0 spiro atoms. The molecule has 0 fully saturated rings. The van der Waals surface area contributed by atoms with Gasteiger partial charge in [-0.25, -0.2) is 4.39 Å². The monoisotopic (exact) mass is 438 g/mol. The van der Waals surface area contributed by atoms with E-state index < -0.39 is 11.7 Å². The van der Waals surface area contributed by atoms with E-state index in [1.54, 1.807) is 22.9 Å². The van der Waals surface area contributed by atoms with E-state index in [9.17, 15) is 14.0 Å². The van der Waals surface area contributed by atoms with Gasteiger partial charge in [0.15, 0.2) is 0 Å². The van der Waals surface area contributed by atoms with Crippen LogP contribution in [0.1, 0.15) is 25.7 Å². The van der Waals surface area contributed by atoms with Gasteiger partial charge in [-0.1, -0.05) is 6.07 Å². The zero-order valence-corrected chi connectivity index (χ0v) is 17.8. The number of halogens is 1. The highest BCUT2D eigenvalue weighted by Crippen LogP contribution is 2.31. The normalized spacial score (nSPS) is 10.8. The summed E-state index contributed by atoms with van der Waals surface area (Å²) in [5.41, 5.74) is 1.86. The molecule has 0 bridgehead atoms. The van der Waals surface area contributed by atoms with Crippen molar-refractivity contribution in [1.29, 1.82) is 0 Å². The van der Waals surface area contributed by atoms with Crippen LogP contribution in [0.15, 0.2) is 48.5 Å². The van der Waals surface area contributed by atoms with E-state index in [-0.39, 0.29) is 11.5 Å². The summed E-state index contributed by atoms with van der Waals surface area (Å²) >= 11 is 1.35. The number of carbonyl (C=O) groups is 2. The fraction of sp³-hybridized carbons (Fsp3) is 0.136. The predicted octanol–water partition coefficient (Wildman–Crippen LogP) is 4.60. The fourth-order valence-electron chi connectivity index (χ4n) is 3.22. The fourth-order valence-corrected chi connectivity index (χ4v) is 4.24. The molecule has 2 N–H and O–H groups in total. The Morgan fingerprint density at radius 2 is 1.90 bits per heavy atom. The van der Waals surface area contributed by atoms with Gasteiger partial charge in [0.2, 0.25) is 0 Å². The minimum atomic E-state index is -0.505. The molecule has 158 valence electrons. The molecule has 0 atom stereocenters. The van der Waals surface area contributed by atoms with Crippen LogP contribution in [0, 0.1) is 12.7 Å². The van der Waals surface area contributed by atoms with Gasteiger partial charge in [0, 0.05) is 23.7 Å². The van der Waals surface area contributed by atoms with E-state index in [1.165, 1.54) is 36.6 Å². The third-order valence-corrected chi connectivity index (χ3v) is 5.91. The number of anilines is 2. The van der Waals surface area contributed by atoms with Gasteiger partial charge in [-0.15, -0.1) is 11.3 Å². The third-order valence-electron chi connectivity index (χ3n) is 4.71. The minimum Gasteiger partial charge on any atom is -0.495 e. The second-order valence-corrected chi connectivity index (χ2v) is 7.90. The molecular formula is C22H19FN4O3S. The zero-order chi connectivity index (χ0) is 22.1. The topological polar surface area (TPSA) is 85.2 Å². The average Bonchev–Trinajstić information content (AvgIpc) is 3.30. The summed E-state index contributed by atoms with van der Waals surface area (Å²) in [6.45, 7) is 1.90. The first-order valence-corrected chi connectivity index (χ1v) is 10.2. The van der Waals surface area contributed by atoms with Crippen LogP contribution in [0.25, 0.3) is 10.2 Å². The van der Waals surface area contributed by atoms with E-state index in [1.807, 2.05) is 20.0 Å². The number of aromatic nitrogens is 2. The van der Waals surface area contributed by atoms with Crippen LogP contribution in [0.2, 0.25) is 0 Å². The van der Waals surface area contributed by atoms with Gasteiger partial charge in [-0.3, -0.25) is 14.3 Å². The molecule has 4 rings (SSSR count). The molecule has 0 aliphatic rings. The second kappa shape index (κ2) is 8.19. The molecule has 2 aromatic carbocycles. The van der Waals surface area contributed by atoms with Crippen LogP contribution < -0.4 is 15.4 Å². The number of hydrogen-bond donors (Lipinski definition) is 2. The highest BCUT2D eigenvalue weighted by molar-refractivity contribution is 7.20. The molecule has 2 amide bonds. The maximum Gasteiger partial charge on any atom is 0.265 e. The second-order valence-electron chi connectivity index (χ2n) is 6.87. The van der Waals surface area contributed by atoms with Crippen molar-refractivity contribution >= 4 is 44.7 Å². The lowest BCUT2D eigenvalue weighted by atomic mass is 10.2. The molecule has 9 heteroatoms. The molecule has 0 saturated carbocycles. The summed E-state index contributed by atoms with van der Waals surface area (Å²) < 4.78 is 20.5. The van der Waals surface area contributed by atoms with Gasteiger partial charge < -0.3 is 15.4 Å². The summed E-state index contributed by atoms with van der Waals surface area (Å²) in [7, 11) is 3.31. The number of fused-ring (bicyclic) bond motifs is 1. The van der Waals surface area contributed by atoms with Gasteiger partial charge in [0.25, 0.3) is 11.8 Å². The lowest BCUT2D eigenvalue weighted by molar-refractivity contribution is 0.102. The number of nitrogens with one attached hydrogen (secondary N) is 2. The number of amides is 2. The Hall–Kier alpha value is -3.72. The number of benzene rings is 2. The Balaban J connectivity index is 1.56. The molecule has 7 nitrogen and oxygen atoms in total. The van der Waals surface area contributed by atoms with Crippen molar-refractivity contribution in [3.05, 3.63) is 70.5 Å². The van der Waals surface area contributed by atoms with Crippen molar-refractivity contribution in [3.8, 4) is 5.75 Å². The SMILES string of the molecule is COc1ccc(NC(=O)c2cc3c(C)nn(C)c3s2)cc1NC(=O)c1cccc(F)c1. The average molecular weight is 438 g/mol. The Morgan fingerprint density at radius 3 is 2.61 bits per heavy atom. The standard InChI is InChI=1S/C22H19FN4O3S/c1-12-16-11-19(31-22(16)27(2)26-12)21(29)24-15-7-8-18(30-3)17(10-15)25-20(28)13-5-4-6-14(23)9-13/h4-11H,1-3H3,(H,24,29)(H,25,28). The molecule has 4 aromatic rings. The van der Waals surface area contributed by atoms with Gasteiger partial charge in [-0.2, -0.15) is 5.10 Å². The van der Waals surface area contributed by atoms with Crippen molar-refractivity contribution in [1.82, 2.24) is 9.78 Å². The molecule has 0 unspecified atom stereocenters. The highest BCUT2D eigenvalue weighted by Gasteiger charge is 2.17. The number of aryl methyl sites for hydroxylation is 2. The van der Waals surface area contributed by atoms with Crippen LogP contribution in [-0.2, 0) is 7.05 Å². The lowest BCUT2D eigenvalue weighted by Crippen LogP contribution is -2.14. The van der Waals surface area contributed by atoms with Crippen molar-refractivity contribution < 1.29 is 18.7 Å². The first-order valence-electron chi connectivity index (χ1n) is 9.35. The molecule has 2 heterocycles. The van der Waals surface area contributed by atoms with E-state index in [0.29, 0.717) is 22.0 Å². The van der Waals surface area contributed by atoms with Crippen LogP contribution in [-0.4, -0.2) is 28.7 Å². The summed E-state index contributed by atoms with van der Waals surface area (Å²) in [5, 5.41) is 10.8. The van der Waals surface area contributed by atoms with Gasteiger partial charge in [0.05, 0.1) is 23.4 Å². The van der Waals surface area contributed by atoms with E-state index in [4.69, 9.17) is 4.74 Å². The van der Waals surface area contributed by atoms with Crippen molar-refractivity contribution in [3.63, 3.8) is 0 Å². The van der Waals surface area contributed by atoms with E-state index in [2.05, 4.69) is 15.7 Å². The van der Waals surface area contributed by atoms with Crippen LogP contribution in [0.4, 0.5) is 15.8 Å². The van der Waals surface area contributed by atoms with E-state index >= 15 is 0 Å². The summed E-state index contributed by atoms with van der Waals surface area (Å²) in [6, 6.07) is 12.1. The smallest absolute Gasteiger partial charge is 0.265 e. The maximum absolute atomic E-state index is 13.4. The Bertz CT molecular complexity index is 1280. The number of thiophene rings is 1. The third kappa shape index (κ3) is 4.13. The molecular weight excluding hydrogens is 419 g/mol. The Morgan fingerprint density at radius 1 is 1.10 bits per heavy atom. The number of hydrogen-bond acceptors (Lipinski definition) is 5. The predicted molar refractivity (Wildman–Crippen MR) is 119 cm³/mol. The molecule has 0 aliphatic carbocycles. The number of carbonyl (C=O) groups excluding carboxylic acids is 2. The maximum atomic E-state index is 13.4. The lowest BCUT2D eigenvalue weighted by Gasteiger charge is -2.13. The minimum absolute atomic E-state index is 0.172. The summed E-state index contributed by atoms with van der Waals surface area (Å²) in [5.74, 6) is -0.859. The Kier molecular flexibility index (Phi) is 5.43. The summed E-state index contributed by atoms with van der Waals surface area (Å²) in [4.78, 5) is 26.7. The van der Waals surface area contributed by atoms with Gasteiger partial charge in [0.1, 0.15) is 16.4 Å². The van der Waals surface area contributed by atoms with Crippen molar-refractivity contribution in [2.45, 2.75) is 6.92 Å². The van der Waals surface area contributed by atoms with Crippen molar-refractivity contribution in [2.24, 2.45) is 7.05 Å². The number of ether oxygens (including phenoxy) is 1. The van der Waals surface area contributed by atoms with E-state index in [0.717, 1.165) is 22.0 Å². The number of methoxy groups -OCH3 is 1. The quantitative estimate of drug-likeness (QED) is 0.477. The molecule has 0 saturated heterocycles.